The molecule has 0 fully saturated rings. The number of hydrogen-bond acceptors (Lipinski definition) is 2. The molecule has 0 amide bonds. The Balaban J connectivity index is 3.28. The molecule has 108 valence electrons. The molecule has 1 aromatic carbocycles. The summed E-state index contributed by atoms with van der Waals surface area (Å²) in [4.78, 5) is 0.267. The number of hydrogen-bond donors (Lipinski definition) is 0. The largest absolute Gasteiger partial charge is 0.244 e. The maximum atomic E-state index is 12.6. The second-order valence-electron chi connectivity index (χ2n) is 4.12. The van der Waals surface area contributed by atoms with E-state index in [2.05, 4.69) is 31.9 Å². The fraction of sp³-hybridized carbons (Fsp3) is 0.500. The van der Waals surface area contributed by atoms with Crippen molar-refractivity contribution in [2.75, 3.05) is 19.0 Å². The summed E-state index contributed by atoms with van der Waals surface area (Å²) in [5.74, 6) is 0.282. The van der Waals surface area contributed by atoms with E-state index in [0.29, 0.717) is 17.6 Å². The zero-order chi connectivity index (χ0) is 14.6. The Kier molecular flexibility index (Phi) is 6.79. The molecule has 1 rings (SSSR count). The highest BCUT2D eigenvalue weighted by Crippen LogP contribution is 2.30. The van der Waals surface area contributed by atoms with Gasteiger partial charge in [0.25, 0.3) is 0 Å². The molecule has 19 heavy (non-hydrogen) atoms. The summed E-state index contributed by atoms with van der Waals surface area (Å²) in [7, 11) is -3.52. The van der Waals surface area contributed by atoms with Crippen LogP contribution in [0.2, 0.25) is 0 Å². The van der Waals surface area contributed by atoms with Crippen molar-refractivity contribution in [3.8, 4) is 0 Å². The third-order valence-electron chi connectivity index (χ3n) is 2.64. The van der Waals surface area contributed by atoms with E-state index in [-0.39, 0.29) is 10.8 Å². The summed E-state index contributed by atoms with van der Waals surface area (Å²) >= 11 is 12.4. The Morgan fingerprint density at radius 2 is 1.84 bits per heavy atom. The predicted octanol–water partition coefficient (Wildman–Crippen LogP) is 4.16. The first kappa shape index (κ1) is 17.4. The average Bonchev–Trinajstić information content (AvgIpc) is 2.33. The first-order valence-corrected chi connectivity index (χ1v) is 9.42. The lowest BCUT2D eigenvalue weighted by molar-refractivity contribution is 0.428. The standard InChI is InChI=1S/C12H16Br2ClNO2S/c1-3-5-16(6-4-15)19(17,18)12-8-10(13)9(2)7-11(12)14/h7-8H,3-6H2,1-2H3. The summed E-state index contributed by atoms with van der Waals surface area (Å²) in [6, 6.07) is 3.42. The molecular formula is C12H16Br2ClNO2S. The lowest BCUT2D eigenvalue weighted by atomic mass is 10.2. The third kappa shape index (κ3) is 4.17. The molecule has 7 heteroatoms. The van der Waals surface area contributed by atoms with Crippen molar-refractivity contribution < 1.29 is 8.42 Å². The van der Waals surface area contributed by atoms with Crippen molar-refractivity contribution in [1.29, 1.82) is 0 Å². The molecule has 0 aliphatic heterocycles. The Bertz CT molecular complexity index is 543. The lowest BCUT2D eigenvalue weighted by Crippen LogP contribution is -2.33. The number of rotatable bonds is 6. The van der Waals surface area contributed by atoms with E-state index in [9.17, 15) is 8.42 Å². The number of alkyl halides is 1. The van der Waals surface area contributed by atoms with Gasteiger partial charge in [0.05, 0.1) is 4.90 Å². The fourth-order valence-corrected chi connectivity index (χ4v) is 5.14. The molecule has 0 bridgehead atoms. The number of halogens is 3. The maximum absolute atomic E-state index is 12.6. The molecule has 0 spiro atoms. The minimum absolute atomic E-state index is 0.267. The van der Waals surface area contributed by atoms with Crippen LogP contribution in [0.25, 0.3) is 0 Å². The van der Waals surface area contributed by atoms with E-state index in [4.69, 9.17) is 11.6 Å². The SMILES string of the molecule is CCCN(CCCl)S(=O)(=O)c1cc(Br)c(C)cc1Br. The van der Waals surface area contributed by atoms with Gasteiger partial charge in [-0.3, -0.25) is 0 Å². The van der Waals surface area contributed by atoms with E-state index in [0.717, 1.165) is 16.5 Å². The van der Waals surface area contributed by atoms with Gasteiger partial charge in [-0.2, -0.15) is 4.31 Å². The van der Waals surface area contributed by atoms with Gasteiger partial charge in [0.1, 0.15) is 0 Å². The van der Waals surface area contributed by atoms with Crippen LogP contribution in [0.15, 0.2) is 26.0 Å². The summed E-state index contributed by atoms with van der Waals surface area (Å²) in [6.07, 6.45) is 0.751. The van der Waals surface area contributed by atoms with Gasteiger partial charge in [0, 0.05) is 27.9 Å². The molecule has 0 saturated heterocycles. The van der Waals surface area contributed by atoms with Gasteiger partial charge in [-0.25, -0.2) is 8.42 Å². The summed E-state index contributed by atoms with van der Waals surface area (Å²) in [6.45, 7) is 4.63. The Hall–Kier alpha value is 0.380. The van der Waals surface area contributed by atoms with Gasteiger partial charge in [-0.15, -0.1) is 11.6 Å². The molecule has 1 aromatic rings. The van der Waals surface area contributed by atoms with Crippen molar-refractivity contribution in [2.24, 2.45) is 0 Å². The molecule has 3 nitrogen and oxygen atoms in total. The van der Waals surface area contributed by atoms with Gasteiger partial charge < -0.3 is 0 Å². The molecule has 0 atom stereocenters. The predicted molar refractivity (Wildman–Crippen MR) is 86.3 cm³/mol. The first-order chi connectivity index (χ1) is 8.84. The molecule has 0 radical (unpaired) electrons. The van der Waals surface area contributed by atoms with Crippen LogP contribution in [0, 0.1) is 6.92 Å². The number of sulfonamides is 1. The second-order valence-corrected chi connectivity index (χ2v) is 8.12. The number of nitrogens with zero attached hydrogens (tertiary/aromatic N) is 1. The van der Waals surface area contributed by atoms with Crippen LogP contribution in [-0.4, -0.2) is 31.7 Å². The zero-order valence-corrected chi connectivity index (χ0v) is 15.5. The van der Waals surface area contributed by atoms with Gasteiger partial charge in [0.15, 0.2) is 0 Å². The van der Waals surface area contributed by atoms with E-state index in [1.54, 1.807) is 12.1 Å². The van der Waals surface area contributed by atoms with E-state index in [1.807, 2.05) is 13.8 Å². The van der Waals surface area contributed by atoms with Gasteiger partial charge >= 0.3 is 0 Å². The third-order valence-corrected chi connectivity index (χ3v) is 6.52. The lowest BCUT2D eigenvalue weighted by Gasteiger charge is -2.21. The van der Waals surface area contributed by atoms with Crippen LogP contribution in [0.1, 0.15) is 18.9 Å². The van der Waals surface area contributed by atoms with Crippen LogP contribution < -0.4 is 0 Å². The van der Waals surface area contributed by atoms with Crippen molar-refractivity contribution in [1.82, 2.24) is 4.31 Å². The highest BCUT2D eigenvalue weighted by molar-refractivity contribution is 9.11. The molecule has 0 heterocycles. The molecule has 0 N–H and O–H groups in total. The van der Waals surface area contributed by atoms with E-state index in [1.165, 1.54) is 4.31 Å². The smallest absolute Gasteiger partial charge is 0.207 e. The second kappa shape index (κ2) is 7.41. The van der Waals surface area contributed by atoms with Crippen LogP contribution in [0.3, 0.4) is 0 Å². The van der Waals surface area contributed by atoms with E-state index >= 15 is 0 Å². The Morgan fingerprint density at radius 3 is 2.37 bits per heavy atom. The quantitative estimate of drug-likeness (QED) is 0.632. The highest BCUT2D eigenvalue weighted by atomic mass is 79.9. The minimum Gasteiger partial charge on any atom is -0.207 e. The van der Waals surface area contributed by atoms with Crippen LogP contribution in [0.4, 0.5) is 0 Å². The normalized spacial score (nSPS) is 12.1. The zero-order valence-electron chi connectivity index (χ0n) is 10.8. The van der Waals surface area contributed by atoms with Crippen LogP contribution in [0.5, 0.6) is 0 Å². The molecule has 0 saturated carbocycles. The van der Waals surface area contributed by atoms with Crippen molar-refractivity contribution >= 4 is 53.5 Å². The molecule has 0 aromatic heterocycles. The topological polar surface area (TPSA) is 37.4 Å². The summed E-state index contributed by atoms with van der Waals surface area (Å²) in [5, 5.41) is 0. The summed E-state index contributed by atoms with van der Waals surface area (Å²) < 4.78 is 28.0. The fourth-order valence-electron chi connectivity index (χ4n) is 1.66. The Labute approximate surface area is 136 Å². The minimum atomic E-state index is -3.52. The number of benzene rings is 1. The van der Waals surface area contributed by atoms with Crippen LogP contribution >= 0.6 is 43.5 Å². The van der Waals surface area contributed by atoms with Crippen molar-refractivity contribution in [3.63, 3.8) is 0 Å². The first-order valence-electron chi connectivity index (χ1n) is 5.86. The van der Waals surface area contributed by atoms with Gasteiger partial charge in [-0.05, 0) is 47.0 Å². The molecule has 0 aliphatic rings. The van der Waals surface area contributed by atoms with Gasteiger partial charge in [0.2, 0.25) is 10.0 Å². The molecule has 0 aliphatic carbocycles. The van der Waals surface area contributed by atoms with E-state index < -0.39 is 10.0 Å². The maximum Gasteiger partial charge on any atom is 0.244 e. The van der Waals surface area contributed by atoms with Crippen molar-refractivity contribution in [3.05, 3.63) is 26.6 Å². The molecular weight excluding hydrogens is 417 g/mol. The van der Waals surface area contributed by atoms with Crippen LogP contribution in [-0.2, 0) is 10.0 Å². The number of aryl methyl sites for hydroxylation is 1. The average molecular weight is 434 g/mol. The monoisotopic (exact) mass is 431 g/mol. The van der Waals surface area contributed by atoms with Crippen molar-refractivity contribution in [2.45, 2.75) is 25.2 Å². The highest BCUT2D eigenvalue weighted by Gasteiger charge is 2.26. The summed E-state index contributed by atoms with van der Waals surface area (Å²) in [5.41, 5.74) is 0.977. The Morgan fingerprint density at radius 1 is 1.21 bits per heavy atom. The molecule has 0 unspecified atom stereocenters. The van der Waals surface area contributed by atoms with Gasteiger partial charge in [-0.1, -0.05) is 22.9 Å².